The number of rotatable bonds is 3. The quantitative estimate of drug-likeness (QED) is 0.564. The summed E-state index contributed by atoms with van der Waals surface area (Å²) in [6.45, 7) is 0. The maximum absolute atomic E-state index is 10.5. The van der Waals surface area contributed by atoms with Gasteiger partial charge in [-0.2, -0.15) is 5.26 Å². The number of hydrogen-bond acceptors (Lipinski definition) is 4. The maximum Gasteiger partial charge on any atom is 0.232 e. The molecular weight excluding hydrogens is 180 g/mol. The van der Waals surface area contributed by atoms with Gasteiger partial charge in [0.05, 0.1) is 0 Å². The average molecular weight is 190 g/mol. The van der Waals surface area contributed by atoms with Gasteiger partial charge in [0, 0.05) is 18.2 Å². The van der Waals surface area contributed by atoms with Crippen LogP contribution in [-0.2, 0) is 10.5 Å². The molecule has 14 heavy (non-hydrogen) atoms. The Hall–Kier alpha value is -1.70. The highest BCUT2D eigenvalue weighted by molar-refractivity contribution is 5.75. The lowest BCUT2D eigenvalue weighted by molar-refractivity contribution is 0.0420. The molecule has 0 fully saturated rings. The van der Waals surface area contributed by atoms with Crippen LogP contribution in [0.25, 0.3) is 0 Å². The molecule has 0 radical (unpaired) electrons. The third kappa shape index (κ3) is 1.79. The molecule has 0 unspecified atom stereocenters. The summed E-state index contributed by atoms with van der Waals surface area (Å²) in [5.74, 6) is 0. The molecule has 0 spiro atoms. The lowest BCUT2D eigenvalue weighted by Gasteiger charge is -2.19. The first-order chi connectivity index (χ1) is 6.66. The minimum absolute atomic E-state index is 0.463. The minimum atomic E-state index is -1.49. The van der Waals surface area contributed by atoms with Crippen LogP contribution in [0.3, 0.4) is 0 Å². The summed E-state index contributed by atoms with van der Waals surface area (Å²) in [5.41, 5.74) is 5.08. The SMILES string of the molecule is CO[C@](N)(C#N)c1cccc(C=O)c1. The van der Waals surface area contributed by atoms with Crippen molar-refractivity contribution in [3.63, 3.8) is 0 Å². The summed E-state index contributed by atoms with van der Waals surface area (Å²) in [5, 5.41) is 8.81. The zero-order chi connectivity index (χ0) is 10.6. The minimum Gasteiger partial charge on any atom is -0.347 e. The Labute approximate surface area is 81.9 Å². The molecule has 0 aliphatic heterocycles. The van der Waals surface area contributed by atoms with Crippen molar-refractivity contribution in [3.05, 3.63) is 35.4 Å². The van der Waals surface area contributed by atoms with Crippen LogP contribution in [0.15, 0.2) is 24.3 Å². The molecule has 0 aromatic heterocycles. The second-order valence-electron chi connectivity index (χ2n) is 2.79. The average Bonchev–Trinajstić information content (AvgIpc) is 2.28. The van der Waals surface area contributed by atoms with Gasteiger partial charge in [0.15, 0.2) is 0 Å². The van der Waals surface area contributed by atoms with Gasteiger partial charge in [0.1, 0.15) is 12.4 Å². The first-order valence-electron chi connectivity index (χ1n) is 3.97. The van der Waals surface area contributed by atoms with Gasteiger partial charge in [0.2, 0.25) is 5.72 Å². The zero-order valence-corrected chi connectivity index (χ0v) is 7.73. The third-order valence-electron chi connectivity index (χ3n) is 1.94. The topological polar surface area (TPSA) is 76.1 Å². The standard InChI is InChI=1S/C10H10N2O2/c1-14-10(12,7-11)9-4-2-3-8(5-9)6-13/h2-6H,12H2,1H3/t10-/m1/s1. The van der Waals surface area contributed by atoms with Crippen molar-refractivity contribution in [2.75, 3.05) is 7.11 Å². The second-order valence-corrected chi connectivity index (χ2v) is 2.79. The van der Waals surface area contributed by atoms with Crippen LogP contribution in [-0.4, -0.2) is 13.4 Å². The van der Waals surface area contributed by atoms with Gasteiger partial charge in [-0.3, -0.25) is 10.5 Å². The Morgan fingerprint density at radius 3 is 2.86 bits per heavy atom. The van der Waals surface area contributed by atoms with Gasteiger partial charge in [0.25, 0.3) is 0 Å². The van der Waals surface area contributed by atoms with Crippen LogP contribution in [0.1, 0.15) is 15.9 Å². The van der Waals surface area contributed by atoms with E-state index in [0.717, 1.165) is 0 Å². The predicted molar refractivity (Wildman–Crippen MR) is 50.3 cm³/mol. The molecule has 2 N–H and O–H groups in total. The van der Waals surface area contributed by atoms with Crippen LogP contribution in [0, 0.1) is 11.3 Å². The largest absolute Gasteiger partial charge is 0.347 e. The van der Waals surface area contributed by atoms with Gasteiger partial charge in [-0.05, 0) is 6.07 Å². The van der Waals surface area contributed by atoms with Crippen molar-refractivity contribution >= 4 is 6.29 Å². The van der Waals surface area contributed by atoms with E-state index < -0.39 is 5.72 Å². The summed E-state index contributed by atoms with van der Waals surface area (Å²) in [4.78, 5) is 10.5. The molecule has 0 saturated carbocycles. The Morgan fingerprint density at radius 2 is 2.36 bits per heavy atom. The number of nitriles is 1. The predicted octanol–water partition coefficient (Wildman–Crippen LogP) is 0.781. The van der Waals surface area contributed by atoms with Crippen LogP contribution in [0.2, 0.25) is 0 Å². The van der Waals surface area contributed by atoms with E-state index in [0.29, 0.717) is 17.4 Å². The summed E-state index contributed by atoms with van der Waals surface area (Å²) in [6.07, 6.45) is 0.691. The van der Waals surface area contributed by atoms with Gasteiger partial charge < -0.3 is 4.74 Å². The molecule has 1 aromatic carbocycles. The van der Waals surface area contributed by atoms with Crippen LogP contribution in [0.5, 0.6) is 0 Å². The van der Waals surface area contributed by atoms with E-state index in [2.05, 4.69) is 0 Å². The van der Waals surface area contributed by atoms with Gasteiger partial charge in [-0.1, -0.05) is 18.2 Å². The summed E-state index contributed by atoms with van der Waals surface area (Å²) >= 11 is 0. The number of nitrogens with zero attached hydrogens (tertiary/aromatic N) is 1. The van der Waals surface area contributed by atoms with Crippen LogP contribution >= 0.6 is 0 Å². The van der Waals surface area contributed by atoms with Crippen LogP contribution in [0.4, 0.5) is 0 Å². The fourth-order valence-corrected chi connectivity index (χ4v) is 1.07. The monoisotopic (exact) mass is 190 g/mol. The molecule has 0 amide bonds. The Morgan fingerprint density at radius 1 is 1.64 bits per heavy atom. The molecule has 1 atom stereocenters. The number of carbonyl (C=O) groups is 1. The Balaban J connectivity index is 3.19. The highest BCUT2D eigenvalue weighted by Gasteiger charge is 2.26. The molecule has 0 heterocycles. The number of methoxy groups -OCH3 is 1. The van der Waals surface area contributed by atoms with Crippen LogP contribution < -0.4 is 5.73 Å². The molecule has 0 aliphatic carbocycles. The molecule has 4 heteroatoms. The van der Waals surface area contributed by atoms with Crippen molar-refractivity contribution in [2.45, 2.75) is 5.72 Å². The number of ether oxygens (including phenoxy) is 1. The van der Waals surface area contributed by atoms with Crippen molar-refractivity contribution in [2.24, 2.45) is 5.73 Å². The number of nitrogens with two attached hydrogens (primary N) is 1. The Bertz CT molecular complexity index is 384. The van der Waals surface area contributed by atoms with Crippen molar-refractivity contribution < 1.29 is 9.53 Å². The first kappa shape index (κ1) is 10.4. The molecule has 4 nitrogen and oxygen atoms in total. The number of aldehydes is 1. The van der Waals surface area contributed by atoms with Crippen molar-refractivity contribution in [1.82, 2.24) is 0 Å². The summed E-state index contributed by atoms with van der Waals surface area (Å²) < 4.78 is 4.87. The second kappa shape index (κ2) is 4.01. The molecular formula is C10H10N2O2. The lowest BCUT2D eigenvalue weighted by Crippen LogP contribution is -2.36. The smallest absolute Gasteiger partial charge is 0.232 e. The van der Waals surface area contributed by atoms with E-state index in [1.165, 1.54) is 13.2 Å². The van der Waals surface area contributed by atoms with E-state index in [-0.39, 0.29) is 0 Å². The first-order valence-corrected chi connectivity index (χ1v) is 3.97. The highest BCUT2D eigenvalue weighted by Crippen LogP contribution is 2.18. The fourth-order valence-electron chi connectivity index (χ4n) is 1.07. The lowest BCUT2D eigenvalue weighted by atomic mass is 10.0. The van der Waals surface area contributed by atoms with Gasteiger partial charge in [-0.25, -0.2) is 0 Å². The van der Waals surface area contributed by atoms with Crippen molar-refractivity contribution in [1.29, 1.82) is 5.26 Å². The zero-order valence-electron chi connectivity index (χ0n) is 7.73. The maximum atomic E-state index is 10.5. The van der Waals surface area contributed by atoms with E-state index in [1.807, 2.05) is 6.07 Å². The molecule has 0 aliphatic rings. The summed E-state index contributed by atoms with van der Waals surface area (Å²) in [7, 11) is 1.34. The highest BCUT2D eigenvalue weighted by atomic mass is 16.5. The molecule has 0 saturated heterocycles. The normalized spacial score (nSPS) is 14.1. The molecule has 72 valence electrons. The van der Waals surface area contributed by atoms with Crippen molar-refractivity contribution in [3.8, 4) is 6.07 Å². The Kier molecular flexibility index (Phi) is 2.97. The van der Waals surface area contributed by atoms with Gasteiger partial charge >= 0.3 is 0 Å². The molecule has 1 aromatic rings. The number of benzene rings is 1. The fraction of sp³-hybridized carbons (Fsp3) is 0.200. The van der Waals surface area contributed by atoms with E-state index in [4.69, 9.17) is 15.7 Å². The van der Waals surface area contributed by atoms with E-state index in [9.17, 15) is 4.79 Å². The number of hydrogen-bond donors (Lipinski definition) is 1. The van der Waals surface area contributed by atoms with E-state index in [1.54, 1.807) is 18.2 Å². The molecule has 0 bridgehead atoms. The summed E-state index contributed by atoms with van der Waals surface area (Å²) in [6, 6.07) is 8.28. The van der Waals surface area contributed by atoms with E-state index >= 15 is 0 Å². The number of carbonyl (C=O) groups excluding carboxylic acids is 1. The molecule has 1 rings (SSSR count). The third-order valence-corrected chi connectivity index (χ3v) is 1.94. The van der Waals surface area contributed by atoms with Gasteiger partial charge in [-0.15, -0.1) is 0 Å².